The van der Waals surface area contributed by atoms with Gasteiger partial charge in [0.05, 0.1) is 7.11 Å². The van der Waals surface area contributed by atoms with E-state index >= 15 is 0 Å². The number of hydrogen-bond donors (Lipinski definition) is 1. The summed E-state index contributed by atoms with van der Waals surface area (Å²) >= 11 is 5.86. The molecule has 0 aliphatic heterocycles. The van der Waals surface area contributed by atoms with Crippen LogP contribution in [0.5, 0.6) is 0 Å². The summed E-state index contributed by atoms with van der Waals surface area (Å²) in [5, 5.41) is 3.04. The number of halogens is 3. The zero-order valence-corrected chi connectivity index (χ0v) is 16.1. The smallest absolute Gasteiger partial charge is 0.341 e. The van der Waals surface area contributed by atoms with Crippen LogP contribution in [-0.2, 0) is 11.3 Å². The van der Waals surface area contributed by atoms with Crippen LogP contribution < -0.4 is 5.32 Å². The van der Waals surface area contributed by atoms with Crippen LogP contribution in [0.15, 0.2) is 60.7 Å². The highest BCUT2D eigenvalue weighted by Gasteiger charge is 2.19. The minimum absolute atomic E-state index is 0.0511. The molecule has 1 amide bonds. The van der Waals surface area contributed by atoms with Crippen LogP contribution in [0.2, 0.25) is 5.02 Å². The van der Waals surface area contributed by atoms with Gasteiger partial charge in [-0.05, 0) is 41.5 Å². The molecule has 4 nitrogen and oxygen atoms in total. The van der Waals surface area contributed by atoms with Gasteiger partial charge in [0, 0.05) is 22.7 Å². The minimum Gasteiger partial charge on any atom is -0.465 e. The molecule has 0 saturated carbocycles. The van der Waals surface area contributed by atoms with E-state index in [9.17, 15) is 18.4 Å². The number of hydrogen-bond acceptors (Lipinski definition) is 3. The molecule has 0 saturated heterocycles. The van der Waals surface area contributed by atoms with Crippen molar-refractivity contribution in [2.75, 3.05) is 7.11 Å². The van der Waals surface area contributed by atoms with Crippen molar-refractivity contribution in [2.24, 2.45) is 0 Å². The van der Waals surface area contributed by atoms with Crippen molar-refractivity contribution in [3.8, 4) is 11.1 Å². The molecule has 0 aromatic heterocycles. The first-order valence-electron chi connectivity index (χ1n) is 8.60. The second-order valence-electron chi connectivity index (χ2n) is 6.15. The molecule has 0 fully saturated rings. The van der Waals surface area contributed by atoms with Crippen molar-refractivity contribution in [1.82, 2.24) is 5.32 Å². The van der Waals surface area contributed by atoms with Gasteiger partial charge < -0.3 is 10.1 Å². The summed E-state index contributed by atoms with van der Waals surface area (Å²) in [5.74, 6) is -2.60. The Morgan fingerprint density at radius 1 is 1.00 bits per heavy atom. The number of rotatable bonds is 5. The van der Waals surface area contributed by atoms with Gasteiger partial charge in [-0.15, -0.1) is 0 Å². The zero-order valence-electron chi connectivity index (χ0n) is 15.3. The third-order valence-electron chi connectivity index (χ3n) is 4.29. The molecule has 7 heteroatoms. The van der Waals surface area contributed by atoms with Crippen LogP contribution in [0.3, 0.4) is 0 Å². The Labute approximate surface area is 171 Å². The normalized spacial score (nSPS) is 10.5. The molecule has 0 spiro atoms. The van der Waals surface area contributed by atoms with E-state index in [1.807, 2.05) is 0 Å². The number of benzene rings is 3. The van der Waals surface area contributed by atoms with Crippen molar-refractivity contribution in [2.45, 2.75) is 6.54 Å². The molecule has 0 aliphatic carbocycles. The SMILES string of the molecule is COC(=O)c1c(F)cccc1-c1ccc(CNC(=O)c2cccc(Cl)c2)c(F)c1. The molecule has 29 heavy (non-hydrogen) atoms. The highest BCUT2D eigenvalue weighted by Crippen LogP contribution is 2.28. The second-order valence-corrected chi connectivity index (χ2v) is 6.59. The van der Waals surface area contributed by atoms with Crippen molar-refractivity contribution in [1.29, 1.82) is 0 Å². The Morgan fingerprint density at radius 3 is 2.45 bits per heavy atom. The van der Waals surface area contributed by atoms with Gasteiger partial charge in [0.15, 0.2) is 0 Å². The lowest BCUT2D eigenvalue weighted by Gasteiger charge is -2.11. The lowest BCUT2D eigenvalue weighted by atomic mass is 9.98. The van der Waals surface area contributed by atoms with Gasteiger partial charge in [-0.2, -0.15) is 0 Å². The number of ether oxygens (including phenoxy) is 1. The van der Waals surface area contributed by atoms with Crippen LogP contribution in [0, 0.1) is 11.6 Å². The molecular weight excluding hydrogens is 400 g/mol. The van der Waals surface area contributed by atoms with E-state index in [0.29, 0.717) is 16.1 Å². The number of carbonyl (C=O) groups is 2. The fraction of sp³-hybridized carbons (Fsp3) is 0.0909. The number of carbonyl (C=O) groups excluding carboxylic acids is 2. The maximum atomic E-state index is 14.6. The molecule has 0 atom stereocenters. The fourth-order valence-electron chi connectivity index (χ4n) is 2.84. The third kappa shape index (κ3) is 4.60. The largest absolute Gasteiger partial charge is 0.465 e. The molecule has 0 heterocycles. The molecule has 0 bridgehead atoms. The summed E-state index contributed by atoms with van der Waals surface area (Å²) in [7, 11) is 1.14. The Morgan fingerprint density at radius 2 is 1.76 bits per heavy atom. The van der Waals surface area contributed by atoms with Crippen molar-refractivity contribution < 1.29 is 23.1 Å². The fourth-order valence-corrected chi connectivity index (χ4v) is 3.03. The maximum absolute atomic E-state index is 14.6. The number of methoxy groups -OCH3 is 1. The van der Waals surface area contributed by atoms with E-state index in [1.54, 1.807) is 24.3 Å². The average molecular weight is 416 g/mol. The molecule has 3 aromatic rings. The Hall–Kier alpha value is -3.25. The number of nitrogens with one attached hydrogen (secondary N) is 1. The highest BCUT2D eigenvalue weighted by atomic mass is 35.5. The molecule has 1 N–H and O–H groups in total. The van der Waals surface area contributed by atoms with Gasteiger partial charge in [0.2, 0.25) is 0 Å². The van der Waals surface area contributed by atoms with Gasteiger partial charge >= 0.3 is 5.97 Å². The summed E-state index contributed by atoms with van der Waals surface area (Å²) in [6.07, 6.45) is 0. The molecule has 3 aromatic carbocycles. The lowest BCUT2D eigenvalue weighted by Crippen LogP contribution is -2.23. The predicted molar refractivity (Wildman–Crippen MR) is 106 cm³/mol. The van der Waals surface area contributed by atoms with Gasteiger partial charge in [-0.1, -0.05) is 41.9 Å². The Kier molecular flexibility index (Phi) is 6.24. The topological polar surface area (TPSA) is 55.4 Å². The van der Waals surface area contributed by atoms with E-state index in [-0.39, 0.29) is 23.2 Å². The van der Waals surface area contributed by atoms with E-state index < -0.39 is 23.5 Å². The van der Waals surface area contributed by atoms with Crippen LogP contribution in [0.1, 0.15) is 26.3 Å². The van der Waals surface area contributed by atoms with Crippen LogP contribution in [0.4, 0.5) is 8.78 Å². The van der Waals surface area contributed by atoms with E-state index in [4.69, 9.17) is 11.6 Å². The summed E-state index contributed by atoms with van der Waals surface area (Å²) in [4.78, 5) is 24.1. The Bertz CT molecular complexity index is 1090. The summed E-state index contributed by atoms with van der Waals surface area (Å²) in [6, 6.07) is 14.6. The number of amides is 1. The maximum Gasteiger partial charge on any atom is 0.341 e. The van der Waals surface area contributed by atoms with E-state index in [0.717, 1.165) is 13.2 Å². The Balaban J connectivity index is 1.82. The van der Waals surface area contributed by atoms with Crippen LogP contribution in [-0.4, -0.2) is 19.0 Å². The predicted octanol–water partition coefficient (Wildman–Crippen LogP) is 5.00. The van der Waals surface area contributed by atoms with Crippen LogP contribution in [0.25, 0.3) is 11.1 Å². The standard InChI is InChI=1S/C22H16ClF2NO3/c1-29-22(28)20-17(6-3-7-18(20)24)13-8-9-15(19(25)11-13)12-26-21(27)14-4-2-5-16(23)10-14/h2-11H,12H2,1H3,(H,26,27). The third-order valence-corrected chi connectivity index (χ3v) is 4.53. The molecule has 148 valence electrons. The van der Waals surface area contributed by atoms with Gasteiger partial charge in [-0.3, -0.25) is 4.79 Å². The molecule has 0 unspecified atom stereocenters. The summed E-state index contributed by atoms with van der Waals surface area (Å²) in [6.45, 7) is -0.0511. The van der Waals surface area contributed by atoms with Gasteiger partial charge in [0.1, 0.15) is 17.2 Å². The zero-order chi connectivity index (χ0) is 21.0. The average Bonchev–Trinajstić information content (AvgIpc) is 2.71. The van der Waals surface area contributed by atoms with Gasteiger partial charge in [0.25, 0.3) is 5.91 Å². The summed E-state index contributed by atoms with van der Waals surface area (Å²) < 4.78 is 33.3. The first-order valence-corrected chi connectivity index (χ1v) is 8.98. The van der Waals surface area contributed by atoms with Crippen molar-refractivity contribution in [3.05, 3.63) is 94.0 Å². The quantitative estimate of drug-likeness (QED) is 0.596. The first-order chi connectivity index (χ1) is 13.9. The van der Waals surface area contributed by atoms with E-state index in [2.05, 4.69) is 10.1 Å². The van der Waals surface area contributed by atoms with E-state index in [1.165, 1.54) is 30.3 Å². The molecule has 0 radical (unpaired) electrons. The highest BCUT2D eigenvalue weighted by molar-refractivity contribution is 6.30. The summed E-state index contributed by atoms with van der Waals surface area (Å²) in [5.41, 5.74) is 0.853. The minimum atomic E-state index is -0.851. The molecule has 3 rings (SSSR count). The van der Waals surface area contributed by atoms with Gasteiger partial charge in [-0.25, -0.2) is 13.6 Å². The lowest BCUT2D eigenvalue weighted by molar-refractivity contribution is 0.0596. The van der Waals surface area contributed by atoms with Crippen molar-refractivity contribution >= 4 is 23.5 Å². The van der Waals surface area contributed by atoms with Crippen LogP contribution >= 0.6 is 11.6 Å². The second kappa shape index (κ2) is 8.84. The molecule has 0 aliphatic rings. The first kappa shape index (κ1) is 20.5. The molecular formula is C22H16ClF2NO3. The number of esters is 1. The van der Waals surface area contributed by atoms with Crippen molar-refractivity contribution in [3.63, 3.8) is 0 Å². The monoisotopic (exact) mass is 415 g/mol.